The number of methoxy groups -OCH3 is 1. The fourth-order valence-electron chi connectivity index (χ4n) is 4.61. The number of nitrogens with one attached hydrogen (secondary N) is 1. The Hall–Kier alpha value is -4.01. The summed E-state index contributed by atoms with van der Waals surface area (Å²) in [5.74, 6) is 7.14. The van der Waals surface area contributed by atoms with Crippen LogP contribution in [0.15, 0.2) is 72.8 Å². The van der Waals surface area contributed by atoms with Crippen molar-refractivity contribution in [2.45, 2.75) is 58.3 Å². The molecule has 3 aromatic carbocycles. The summed E-state index contributed by atoms with van der Waals surface area (Å²) in [4.78, 5) is 13.6. The van der Waals surface area contributed by atoms with E-state index in [0.717, 1.165) is 24.0 Å². The molecule has 1 unspecified atom stereocenters. The van der Waals surface area contributed by atoms with Gasteiger partial charge in [0.15, 0.2) is 0 Å². The minimum Gasteiger partial charge on any atom is -0.495 e. The van der Waals surface area contributed by atoms with Crippen molar-refractivity contribution < 1.29 is 19.4 Å². The van der Waals surface area contributed by atoms with Gasteiger partial charge in [0, 0.05) is 5.56 Å². The van der Waals surface area contributed by atoms with E-state index in [2.05, 4.69) is 41.4 Å². The number of aliphatic hydroxyl groups is 1. The van der Waals surface area contributed by atoms with Crippen molar-refractivity contribution >= 4 is 11.5 Å². The van der Waals surface area contributed by atoms with Gasteiger partial charge in [-0.3, -0.25) is 4.79 Å². The average Bonchev–Trinajstić information content (AvgIpc) is 2.92. The molecule has 5 nitrogen and oxygen atoms in total. The molecule has 2 N–H and O–H groups in total. The number of allylic oxidation sites excluding steroid dienone is 1. The topological polar surface area (TPSA) is 67.8 Å². The molecule has 0 heterocycles. The predicted octanol–water partition coefficient (Wildman–Crippen LogP) is 5.78. The van der Waals surface area contributed by atoms with E-state index < -0.39 is 12.1 Å². The fraction of sp³-hybridized carbons (Fsp3) is 0.303. The number of hydrogen-bond acceptors (Lipinski definition) is 4. The van der Waals surface area contributed by atoms with Crippen LogP contribution in [-0.4, -0.2) is 36.4 Å². The lowest BCUT2D eigenvalue weighted by Gasteiger charge is -2.26. The van der Waals surface area contributed by atoms with Crippen LogP contribution in [0.5, 0.6) is 11.5 Å². The van der Waals surface area contributed by atoms with E-state index in [-0.39, 0.29) is 12.0 Å². The van der Waals surface area contributed by atoms with Crippen LogP contribution in [0.2, 0.25) is 0 Å². The van der Waals surface area contributed by atoms with Crippen LogP contribution in [0, 0.1) is 11.8 Å². The van der Waals surface area contributed by atoms with Gasteiger partial charge in [0.25, 0.3) is 5.91 Å². The van der Waals surface area contributed by atoms with Gasteiger partial charge in [-0.15, -0.1) is 0 Å². The zero-order chi connectivity index (χ0) is 27.1. The minimum atomic E-state index is -0.739. The maximum absolute atomic E-state index is 13.6. The molecule has 1 aliphatic carbocycles. The Morgan fingerprint density at radius 1 is 1.00 bits per heavy atom. The third kappa shape index (κ3) is 6.65. The van der Waals surface area contributed by atoms with E-state index in [4.69, 9.17) is 9.47 Å². The van der Waals surface area contributed by atoms with Gasteiger partial charge in [0.05, 0.1) is 36.5 Å². The van der Waals surface area contributed by atoms with Crippen molar-refractivity contribution in [2.75, 3.05) is 7.11 Å². The summed E-state index contributed by atoms with van der Waals surface area (Å²) < 4.78 is 11.4. The van der Waals surface area contributed by atoms with Crippen molar-refractivity contribution in [1.82, 2.24) is 5.32 Å². The summed E-state index contributed by atoms with van der Waals surface area (Å²) in [6, 6.07) is 20.8. The number of benzene rings is 3. The monoisotopic (exact) mass is 509 g/mol. The van der Waals surface area contributed by atoms with E-state index in [1.807, 2.05) is 50.2 Å². The quantitative estimate of drug-likeness (QED) is 0.378. The van der Waals surface area contributed by atoms with Gasteiger partial charge in [0.2, 0.25) is 0 Å². The van der Waals surface area contributed by atoms with Crippen LogP contribution in [0.25, 0.3) is 5.57 Å². The van der Waals surface area contributed by atoms with Crippen LogP contribution in [0.4, 0.5) is 0 Å². The third-order valence-electron chi connectivity index (χ3n) is 6.54. The summed E-state index contributed by atoms with van der Waals surface area (Å²) in [5, 5.41) is 13.7. The lowest BCUT2D eigenvalue weighted by atomic mass is 9.86. The molecule has 38 heavy (non-hydrogen) atoms. The van der Waals surface area contributed by atoms with Crippen molar-refractivity contribution in [2.24, 2.45) is 0 Å². The maximum Gasteiger partial charge on any atom is 0.255 e. The standard InChI is InChI=1S/C33H35NO4/c1-22(2)38-32-19-17-24(16-18-26-11-6-8-15-31(26)37-4)20-29(32)33(36)34-30(23(3)35)21-27-13-9-12-25-10-5-7-14-28(25)27/h5-8,10-11,13-15,17,19-20,22-23,30,35H,9,12,21H2,1-4H3,(H,34,36)/t23-,30?/m0/s1. The summed E-state index contributed by atoms with van der Waals surface area (Å²) in [6.07, 6.45) is 3.86. The van der Waals surface area contributed by atoms with Crippen molar-refractivity contribution in [3.8, 4) is 23.3 Å². The first-order chi connectivity index (χ1) is 18.4. The van der Waals surface area contributed by atoms with E-state index in [9.17, 15) is 9.90 Å². The lowest BCUT2D eigenvalue weighted by molar-refractivity contribution is 0.0857. The summed E-state index contributed by atoms with van der Waals surface area (Å²) in [6.45, 7) is 5.55. The SMILES string of the molecule is COc1ccccc1C#Cc1ccc(OC(C)C)c(C(=O)NC(CC2=CCCc3ccccc32)[C@H](C)O)c1. The number of fused-ring (bicyclic) bond motifs is 1. The first-order valence-corrected chi connectivity index (χ1v) is 13.1. The maximum atomic E-state index is 13.6. The Kier molecular flexibility index (Phi) is 8.89. The Balaban J connectivity index is 1.60. The number of hydrogen-bond donors (Lipinski definition) is 2. The second kappa shape index (κ2) is 12.5. The molecule has 1 aliphatic rings. The molecule has 0 spiro atoms. The second-order valence-corrected chi connectivity index (χ2v) is 9.78. The zero-order valence-electron chi connectivity index (χ0n) is 22.5. The zero-order valence-corrected chi connectivity index (χ0v) is 22.5. The third-order valence-corrected chi connectivity index (χ3v) is 6.54. The molecule has 196 valence electrons. The molecule has 0 bridgehead atoms. The van der Waals surface area contributed by atoms with Gasteiger partial charge >= 0.3 is 0 Å². The van der Waals surface area contributed by atoms with Gasteiger partial charge in [-0.05, 0) is 87.1 Å². The summed E-state index contributed by atoms with van der Waals surface area (Å²) in [7, 11) is 1.61. The largest absolute Gasteiger partial charge is 0.495 e. The average molecular weight is 510 g/mol. The van der Waals surface area contributed by atoms with Crippen molar-refractivity contribution in [3.63, 3.8) is 0 Å². The van der Waals surface area contributed by atoms with Crippen LogP contribution in [0.3, 0.4) is 0 Å². The van der Waals surface area contributed by atoms with E-state index in [1.165, 1.54) is 11.1 Å². The van der Waals surface area contributed by atoms with Gasteiger partial charge in [-0.25, -0.2) is 0 Å². The number of aliphatic hydroxyl groups excluding tert-OH is 1. The highest BCUT2D eigenvalue weighted by Crippen LogP contribution is 2.30. The number of amides is 1. The molecule has 0 aromatic heterocycles. The fourth-order valence-corrected chi connectivity index (χ4v) is 4.61. The van der Waals surface area contributed by atoms with E-state index >= 15 is 0 Å². The number of aryl methyl sites for hydroxylation is 1. The predicted molar refractivity (Wildman–Crippen MR) is 151 cm³/mol. The molecule has 0 aliphatic heterocycles. The molecule has 0 saturated heterocycles. The number of carbonyl (C=O) groups excluding carboxylic acids is 1. The number of ether oxygens (including phenoxy) is 2. The Morgan fingerprint density at radius 3 is 2.53 bits per heavy atom. The Bertz CT molecular complexity index is 1380. The molecule has 2 atom stereocenters. The van der Waals surface area contributed by atoms with Crippen molar-refractivity contribution in [3.05, 3.63) is 101 Å². The van der Waals surface area contributed by atoms with E-state index in [0.29, 0.717) is 29.0 Å². The second-order valence-electron chi connectivity index (χ2n) is 9.78. The molecule has 4 rings (SSSR count). The van der Waals surface area contributed by atoms with E-state index in [1.54, 1.807) is 26.2 Å². The molecule has 5 heteroatoms. The van der Waals surface area contributed by atoms with Crippen LogP contribution >= 0.6 is 0 Å². The molecular formula is C33H35NO4. The molecule has 0 radical (unpaired) electrons. The highest BCUT2D eigenvalue weighted by atomic mass is 16.5. The van der Waals surface area contributed by atoms with Gasteiger partial charge in [-0.2, -0.15) is 0 Å². The van der Waals surface area contributed by atoms with Gasteiger partial charge in [-0.1, -0.05) is 54.3 Å². The number of carbonyl (C=O) groups is 1. The summed E-state index contributed by atoms with van der Waals surface area (Å²) in [5.41, 5.74) is 5.46. The Morgan fingerprint density at radius 2 is 1.76 bits per heavy atom. The highest BCUT2D eigenvalue weighted by Gasteiger charge is 2.24. The van der Waals surface area contributed by atoms with Crippen LogP contribution in [-0.2, 0) is 6.42 Å². The number of rotatable bonds is 8. The lowest BCUT2D eigenvalue weighted by Crippen LogP contribution is -2.42. The van der Waals surface area contributed by atoms with Crippen LogP contribution in [0.1, 0.15) is 66.2 Å². The van der Waals surface area contributed by atoms with Crippen molar-refractivity contribution in [1.29, 1.82) is 0 Å². The van der Waals surface area contributed by atoms with Gasteiger partial charge in [0.1, 0.15) is 11.5 Å². The van der Waals surface area contributed by atoms with Crippen LogP contribution < -0.4 is 14.8 Å². The Labute approximate surface area is 225 Å². The molecule has 0 fully saturated rings. The molecule has 3 aromatic rings. The highest BCUT2D eigenvalue weighted by molar-refractivity contribution is 5.97. The number of para-hydroxylation sites is 1. The normalized spacial score (nSPS) is 13.9. The smallest absolute Gasteiger partial charge is 0.255 e. The molecular weight excluding hydrogens is 474 g/mol. The minimum absolute atomic E-state index is 0.108. The summed E-state index contributed by atoms with van der Waals surface area (Å²) >= 11 is 0. The first kappa shape index (κ1) is 27.0. The molecule has 0 saturated carbocycles. The van der Waals surface area contributed by atoms with Gasteiger partial charge < -0.3 is 19.9 Å². The first-order valence-electron chi connectivity index (χ1n) is 13.1. The molecule has 1 amide bonds.